The second kappa shape index (κ2) is 4.97. The lowest BCUT2D eigenvalue weighted by molar-refractivity contribution is -0.402. The first-order valence-electron chi connectivity index (χ1n) is 4.32. The quantitative estimate of drug-likeness (QED) is 0.442. The van der Waals surface area contributed by atoms with E-state index in [0.29, 0.717) is 10.8 Å². The molecule has 0 saturated heterocycles. The molecule has 0 N–H and O–H groups in total. The minimum Gasteiger partial charge on any atom is -0.404 e. The van der Waals surface area contributed by atoms with E-state index in [1.807, 2.05) is 0 Å². The van der Waals surface area contributed by atoms with E-state index in [-0.39, 0.29) is 5.88 Å². The summed E-state index contributed by atoms with van der Waals surface area (Å²) < 4.78 is 5.79. The van der Waals surface area contributed by atoms with Crippen molar-refractivity contribution in [2.75, 3.05) is 0 Å². The van der Waals surface area contributed by atoms with Gasteiger partial charge in [0, 0.05) is 4.88 Å². The normalized spacial score (nSPS) is 12.6. The molecule has 0 aliphatic rings. The van der Waals surface area contributed by atoms with Crippen molar-refractivity contribution in [1.29, 1.82) is 0 Å². The fourth-order valence-electron chi connectivity index (χ4n) is 1.20. The summed E-state index contributed by atoms with van der Waals surface area (Å²) in [6.07, 6.45) is 0. The van der Waals surface area contributed by atoms with E-state index in [1.54, 1.807) is 6.07 Å². The van der Waals surface area contributed by atoms with Gasteiger partial charge in [0.1, 0.15) is 16.1 Å². The zero-order chi connectivity index (χ0) is 12.6. The Morgan fingerprint density at radius 3 is 2.71 bits per heavy atom. The summed E-state index contributed by atoms with van der Waals surface area (Å²) >= 11 is 16.7. The van der Waals surface area contributed by atoms with Gasteiger partial charge in [-0.3, -0.25) is 10.1 Å². The van der Waals surface area contributed by atoms with Crippen molar-refractivity contribution in [1.82, 2.24) is 0 Å². The molecule has 0 spiro atoms. The van der Waals surface area contributed by atoms with Gasteiger partial charge in [0.05, 0.1) is 14.9 Å². The molecular weight excluding hydrogens is 353 g/mol. The van der Waals surface area contributed by atoms with Crippen molar-refractivity contribution in [3.05, 3.63) is 47.8 Å². The molecule has 2 aromatic rings. The predicted octanol–water partition coefficient (Wildman–Crippen LogP) is 4.99. The molecule has 4 nitrogen and oxygen atoms in total. The third-order valence-corrected chi connectivity index (χ3v) is 5.08. The van der Waals surface area contributed by atoms with Crippen LogP contribution in [0.4, 0.5) is 5.88 Å². The summed E-state index contributed by atoms with van der Waals surface area (Å²) in [4.78, 5) is 10.6. The molecule has 0 aromatic carbocycles. The molecule has 8 heteroatoms. The van der Waals surface area contributed by atoms with Crippen molar-refractivity contribution in [2.45, 2.75) is 5.38 Å². The molecule has 0 radical (unpaired) electrons. The molecule has 2 rings (SSSR count). The van der Waals surface area contributed by atoms with Crippen LogP contribution in [0.3, 0.4) is 0 Å². The van der Waals surface area contributed by atoms with Gasteiger partial charge in [0.25, 0.3) is 0 Å². The lowest BCUT2D eigenvalue weighted by Crippen LogP contribution is -1.87. The Labute approximate surface area is 118 Å². The summed E-state index contributed by atoms with van der Waals surface area (Å²) in [7, 11) is 0. The standard InChI is InChI=1S/C9H4BrCl2NO3S/c10-9-4(11)3-6(17-9)8(12)5-1-2-7(16-5)13(14)15/h1-3,8H. The van der Waals surface area contributed by atoms with Gasteiger partial charge in [-0.05, 0) is 28.1 Å². The van der Waals surface area contributed by atoms with Crippen molar-refractivity contribution in [3.8, 4) is 0 Å². The van der Waals surface area contributed by atoms with Crippen LogP contribution in [0.15, 0.2) is 26.4 Å². The van der Waals surface area contributed by atoms with Gasteiger partial charge in [0.2, 0.25) is 0 Å². The first-order valence-corrected chi connectivity index (χ1v) is 6.74. The van der Waals surface area contributed by atoms with E-state index >= 15 is 0 Å². The first-order chi connectivity index (χ1) is 7.99. The molecule has 2 heterocycles. The second-order valence-electron chi connectivity index (χ2n) is 3.07. The highest BCUT2D eigenvalue weighted by Gasteiger charge is 2.21. The number of alkyl halides is 1. The Balaban J connectivity index is 2.30. The van der Waals surface area contributed by atoms with E-state index in [0.717, 1.165) is 8.66 Å². The van der Waals surface area contributed by atoms with Gasteiger partial charge in [-0.2, -0.15) is 0 Å². The van der Waals surface area contributed by atoms with Crippen LogP contribution in [0.5, 0.6) is 0 Å². The summed E-state index contributed by atoms with van der Waals surface area (Å²) in [5, 5.41) is 10.4. The summed E-state index contributed by atoms with van der Waals surface area (Å²) in [5.74, 6) is -0.00356. The number of nitrogens with zero attached hydrogens (tertiary/aromatic N) is 1. The van der Waals surface area contributed by atoms with Crippen LogP contribution in [0.2, 0.25) is 5.02 Å². The molecule has 0 bridgehead atoms. The Bertz CT molecular complexity index is 549. The first kappa shape index (κ1) is 12.9. The summed E-state index contributed by atoms with van der Waals surface area (Å²) in [6, 6.07) is 4.45. The van der Waals surface area contributed by atoms with Gasteiger partial charge in [0.15, 0.2) is 0 Å². The zero-order valence-electron chi connectivity index (χ0n) is 8.02. The second-order valence-corrected chi connectivity index (χ2v) is 6.31. The molecule has 0 aliphatic heterocycles. The Kier molecular flexibility index (Phi) is 3.77. The smallest absolute Gasteiger partial charge is 0.404 e. The van der Waals surface area contributed by atoms with Crippen molar-refractivity contribution < 1.29 is 9.34 Å². The fourth-order valence-corrected chi connectivity index (χ4v) is 3.25. The molecule has 1 unspecified atom stereocenters. The van der Waals surface area contributed by atoms with Crippen LogP contribution >= 0.6 is 50.5 Å². The molecule has 0 amide bonds. The average Bonchev–Trinajstić information content (AvgIpc) is 2.86. The Hall–Kier alpha value is -0.560. The highest BCUT2D eigenvalue weighted by Crippen LogP contribution is 2.41. The van der Waals surface area contributed by atoms with E-state index in [2.05, 4.69) is 15.9 Å². The number of halogens is 3. The molecule has 17 heavy (non-hydrogen) atoms. The predicted molar refractivity (Wildman–Crippen MR) is 70.1 cm³/mol. The molecule has 1 atom stereocenters. The fraction of sp³-hybridized carbons (Fsp3) is 0.111. The summed E-state index contributed by atoms with van der Waals surface area (Å²) in [5.41, 5.74) is 0. The number of furan rings is 1. The lowest BCUT2D eigenvalue weighted by Gasteiger charge is -2.01. The minimum absolute atomic E-state index is 0.323. The monoisotopic (exact) mass is 355 g/mol. The van der Waals surface area contributed by atoms with Crippen molar-refractivity contribution in [2.24, 2.45) is 0 Å². The molecule has 0 saturated carbocycles. The van der Waals surface area contributed by atoms with Gasteiger partial charge >= 0.3 is 5.88 Å². The van der Waals surface area contributed by atoms with Gasteiger partial charge < -0.3 is 4.42 Å². The largest absolute Gasteiger partial charge is 0.433 e. The third kappa shape index (κ3) is 2.65. The molecule has 2 aromatic heterocycles. The van der Waals surface area contributed by atoms with Gasteiger partial charge in [-0.25, -0.2) is 0 Å². The van der Waals surface area contributed by atoms with E-state index in [9.17, 15) is 10.1 Å². The minimum atomic E-state index is -0.607. The van der Waals surface area contributed by atoms with Crippen LogP contribution < -0.4 is 0 Å². The number of rotatable bonds is 3. The Morgan fingerprint density at radius 2 is 2.24 bits per heavy atom. The van der Waals surface area contributed by atoms with Crippen LogP contribution in [0, 0.1) is 10.1 Å². The molecule has 0 fully saturated rings. The number of hydrogen-bond acceptors (Lipinski definition) is 4. The SMILES string of the molecule is O=[N+]([O-])c1ccc(C(Cl)c2cc(Cl)c(Br)s2)o1. The molecule has 90 valence electrons. The lowest BCUT2D eigenvalue weighted by atomic mass is 10.3. The maximum atomic E-state index is 10.5. The average molecular weight is 357 g/mol. The van der Waals surface area contributed by atoms with Crippen molar-refractivity contribution in [3.63, 3.8) is 0 Å². The molecule has 0 aliphatic carbocycles. The van der Waals surface area contributed by atoms with Gasteiger partial charge in [-0.1, -0.05) is 11.6 Å². The number of thiophene rings is 1. The van der Waals surface area contributed by atoms with Crippen molar-refractivity contribution >= 4 is 56.4 Å². The highest BCUT2D eigenvalue weighted by atomic mass is 79.9. The summed E-state index contributed by atoms with van der Waals surface area (Å²) in [6.45, 7) is 0. The number of nitro groups is 1. The van der Waals surface area contributed by atoms with E-state index in [1.165, 1.54) is 23.5 Å². The van der Waals surface area contributed by atoms with Gasteiger partial charge in [-0.15, -0.1) is 22.9 Å². The Morgan fingerprint density at radius 1 is 1.53 bits per heavy atom. The topological polar surface area (TPSA) is 56.3 Å². The maximum absolute atomic E-state index is 10.5. The van der Waals surface area contributed by atoms with E-state index < -0.39 is 10.3 Å². The maximum Gasteiger partial charge on any atom is 0.433 e. The van der Waals surface area contributed by atoms with Crippen LogP contribution in [0.1, 0.15) is 16.0 Å². The van der Waals surface area contributed by atoms with E-state index in [4.69, 9.17) is 27.6 Å². The van der Waals surface area contributed by atoms with Crippen LogP contribution in [0.25, 0.3) is 0 Å². The zero-order valence-corrected chi connectivity index (χ0v) is 11.9. The van der Waals surface area contributed by atoms with Crippen LogP contribution in [-0.2, 0) is 0 Å². The molecular formula is C9H4BrCl2NO3S. The highest BCUT2D eigenvalue weighted by molar-refractivity contribution is 9.11. The number of hydrogen-bond donors (Lipinski definition) is 0. The van der Waals surface area contributed by atoms with Crippen LogP contribution in [-0.4, -0.2) is 4.92 Å². The third-order valence-electron chi connectivity index (χ3n) is 1.96.